The first-order valence-electron chi connectivity index (χ1n) is 4.57. The highest BCUT2D eigenvalue weighted by molar-refractivity contribution is 7.93. The van der Waals surface area contributed by atoms with Crippen LogP contribution in [0, 0.1) is 11.3 Å². The third-order valence-electron chi connectivity index (χ3n) is 2.10. The van der Waals surface area contributed by atoms with Crippen molar-refractivity contribution in [1.29, 1.82) is 5.26 Å². The summed E-state index contributed by atoms with van der Waals surface area (Å²) in [5, 5.41) is 8.61. The second-order valence-electron chi connectivity index (χ2n) is 3.62. The van der Waals surface area contributed by atoms with E-state index in [0.717, 1.165) is 12.5 Å². The topological polar surface area (TPSA) is 92.1 Å². The third kappa shape index (κ3) is 3.05. The second-order valence-corrected chi connectivity index (χ2v) is 7.56. The number of hydrogen-bond acceptors (Lipinski definition) is 5. The Kier molecular flexibility index (Phi) is 3.59. The van der Waals surface area contributed by atoms with Gasteiger partial charge in [-0.15, -0.1) is 0 Å². The van der Waals surface area contributed by atoms with Crippen LogP contribution in [-0.4, -0.2) is 29.3 Å². The van der Waals surface area contributed by atoms with E-state index >= 15 is 0 Å². The molecule has 0 aromatic heterocycles. The zero-order valence-electron chi connectivity index (χ0n) is 9.34. The van der Waals surface area contributed by atoms with Gasteiger partial charge in [-0.25, -0.2) is 16.8 Å². The molecule has 0 aliphatic heterocycles. The standard InChI is InChI=1S/C10H11NO4S2/c1-16(12,13)9-5-3-4-8(6-7-11)10(9)17(2,14)15/h3-5H,6H2,1-2H3. The van der Waals surface area contributed by atoms with E-state index < -0.39 is 19.7 Å². The van der Waals surface area contributed by atoms with Gasteiger partial charge in [-0.2, -0.15) is 5.26 Å². The highest BCUT2D eigenvalue weighted by Crippen LogP contribution is 2.25. The van der Waals surface area contributed by atoms with Gasteiger partial charge in [0.15, 0.2) is 19.7 Å². The Balaban J connectivity index is 3.78. The van der Waals surface area contributed by atoms with Gasteiger partial charge in [0.1, 0.15) is 0 Å². The van der Waals surface area contributed by atoms with Crippen molar-refractivity contribution in [1.82, 2.24) is 0 Å². The Morgan fingerprint density at radius 2 is 1.71 bits per heavy atom. The molecule has 0 N–H and O–H groups in total. The maximum Gasteiger partial charge on any atom is 0.177 e. The Morgan fingerprint density at radius 1 is 1.12 bits per heavy atom. The van der Waals surface area contributed by atoms with Crippen LogP contribution in [0.4, 0.5) is 0 Å². The highest BCUT2D eigenvalue weighted by Gasteiger charge is 2.23. The zero-order chi connectivity index (χ0) is 13.3. The van der Waals surface area contributed by atoms with Crippen LogP contribution in [0.25, 0.3) is 0 Å². The number of nitrogens with zero attached hydrogens (tertiary/aromatic N) is 1. The molecule has 0 aliphatic rings. The van der Waals surface area contributed by atoms with Gasteiger partial charge in [-0.1, -0.05) is 12.1 Å². The maximum atomic E-state index is 11.6. The van der Waals surface area contributed by atoms with Crippen molar-refractivity contribution in [2.75, 3.05) is 12.5 Å². The summed E-state index contributed by atoms with van der Waals surface area (Å²) in [6.07, 6.45) is 1.72. The van der Waals surface area contributed by atoms with Gasteiger partial charge < -0.3 is 0 Å². The van der Waals surface area contributed by atoms with E-state index in [4.69, 9.17) is 5.26 Å². The van der Waals surface area contributed by atoms with E-state index in [-0.39, 0.29) is 21.8 Å². The van der Waals surface area contributed by atoms with Gasteiger partial charge in [0, 0.05) is 12.5 Å². The average molecular weight is 273 g/mol. The molecular weight excluding hydrogens is 262 g/mol. The number of nitriles is 1. The molecule has 0 saturated heterocycles. The van der Waals surface area contributed by atoms with Gasteiger partial charge >= 0.3 is 0 Å². The third-order valence-corrected chi connectivity index (χ3v) is 4.59. The van der Waals surface area contributed by atoms with E-state index in [1.807, 2.05) is 6.07 Å². The van der Waals surface area contributed by atoms with E-state index in [1.165, 1.54) is 18.2 Å². The molecule has 92 valence electrons. The molecule has 0 spiro atoms. The minimum atomic E-state index is -3.70. The lowest BCUT2D eigenvalue weighted by atomic mass is 10.2. The van der Waals surface area contributed by atoms with E-state index in [9.17, 15) is 16.8 Å². The quantitative estimate of drug-likeness (QED) is 0.802. The Bertz CT molecular complexity index is 682. The molecule has 0 aliphatic carbocycles. The van der Waals surface area contributed by atoms with E-state index in [1.54, 1.807) is 0 Å². The van der Waals surface area contributed by atoms with E-state index in [2.05, 4.69) is 0 Å². The maximum absolute atomic E-state index is 11.6. The molecule has 0 atom stereocenters. The molecule has 1 aromatic rings. The molecule has 0 amide bonds. The van der Waals surface area contributed by atoms with Crippen LogP contribution in [-0.2, 0) is 26.1 Å². The average Bonchev–Trinajstić information content (AvgIpc) is 2.14. The van der Waals surface area contributed by atoms with Gasteiger partial charge in [0.2, 0.25) is 0 Å². The van der Waals surface area contributed by atoms with Crippen molar-refractivity contribution < 1.29 is 16.8 Å². The molecule has 17 heavy (non-hydrogen) atoms. The fourth-order valence-electron chi connectivity index (χ4n) is 1.50. The number of benzene rings is 1. The molecule has 1 aromatic carbocycles. The second kappa shape index (κ2) is 4.47. The van der Waals surface area contributed by atoms with Gasteiger partial charge in [0.05, 0.1) is 22.3 Å². The lowest BCUT2D eigenvalue weighted by molar-refractivity contribution is 0.587. The molecule has 5 nitrogen and oxygen atoms in total. The summed E-state index contributed by atoms with van der Waals surface area (Å²) < 4.78 is 46.3. The molecule has 0 bridgehead atoms. The summed E-state index contributed by atoms with van der Waals surface area (Å²) in [6.45, 7) is 0. The van der Waals surface area contributed by atoms with Crippen LogP contribution in [0.5, 0.6) is 0 Å². The summed E-state index contributed by atoms with van der Waals surface area (Å²) in [6, 6.07) is 5.91. The first-order valence-corrected chi connectivity index (χ1v) is 8.35. The summed E-state index contributed by atoms with van der Waals surface area (Å²) in [5.74, 6) is 0. The number of sulfone groups is 2. The van der Waals surface area contributed by atoms with Gasteiger partial charge in [0.25, 0.3) is 0 Å². The molecule has 7 heteroatoms. The van der Waals surface area contributed by atoms with Crippen LogP contribution in [0.2, 0.25) is 0 Å². The summed E-state index contributed by atoms with van der Waals surface area (Å²) in [7, 11) is -7.35. The van der Waals surface area contributed by atoms with Crippen LogP contribution < -0.4 is 0 Å². The Hall–Kier alpha value is -1.39. The smallest absolute Gasteiger partial charge is 0.177 e. The molecule has 0 radical (unpaired) electrons. The van der Waals surface area contributed by atoms with Crippen LogP contribution in [0.3, 0.4) is 0 Å². The van der Waals surface area contributed by atoms with Crippen molar-refractivity contribution in [2.45, 2.75) is 16.2 Å². The first-order chi connectivity index (χ1) is 7.68. The Labute approximate surface area is 101 Å². The predicted molar refractivity (Wildman–Crippen MR) is 62.0 cm³/mol. The van der Waals surface area contributed by atoms with Crippen molar-refractivity contribution in [3.8, 4) is 6.07 Å². The first kappa shape index (κ1) is 13.7. The van der Waals surface area contributed by atoms with Crippen molar-refractivity contribution in [2.24, 2.45) is 0 Å². The lowest BCUT2D eigenvalue weighted by Crippen LogP contribution is -2.10. The highest BCUT2D eigenvalue weighted by atomic mass is 32.2. The number of hydrogen-bond donors (Lipinski definition) is 0. The monoisotopic (exact) mass is 273 g/mol. The fourth-order valence-corrected chi connectivity index (χ4v) is 4.25. The summed E-state index contributed by atoms with van der Waals surface area (Å²) in [5.41, 5.74) is 0.206. The SMILES string of the molecule is CS(=O)(=O)c1cccc(CC#N)c1S(C)(=O)=O. The van der Waals surface area contributed by atoms with Crippen molar-refractivity contribution in [3.63, 3.8) is 0 Å². The molecular formula is C10H11NO4S2. The van der Waals surface area contributed by atoms with Gasteiger partial charge in [-0.05, 0) is 11.6 Å². The number of rotatable bonds is 3. The molecule has 0 saturated carbocycles. The normalized spacial score (nSPS) is 12.1. The predicted octanol–water partition coefficient (Wildman–Crippen LogP) is 0.560. The van der Waals surface area contributed by atoms with Crippen molar-refractivity contribution in [3.05, 3.63) is 23.8 Å². The molecule has 1 rings (SSSR count). The largest absolute Gasteiger partial charge is 0.224 e. The minimum Gasteiger partial charge on any atom is -0.224 e. The summed E-state index contributed by atoms with van der Waals surface area (Å²) in [4.78, 5) is -0.531. The van der Waals surface area contributed by atoms with Crippen LogP contribution in [0.15, 0.2) is 28.0 Å². The van der Waals surface area contributed by atoms with Crippen molar-refractivity contribution >= 4 is 19.7 Å². The summed E-state index contributed by atoms with van der Waals surface area (Å²) >= 11 is 0. The molecule has 0 fully saturated rings. The Morgan fingerprint density at radius 3 is 2.12 bits per heavy atom. The van der Waals surface area contributed by atoms with Gasteiger partial charge in [-0.3, -0.25) is 0 Å². The molecule has 0 unspecified atom stereocenters. The molecule has 0 heterocycles. The zero-order valence-corrected chi connectivity index (χ0v) is 11.0. The van der Waals surface area contributed by atoms with E-state index in [0.29, 0.717) is 0 Å². The van der Waals surface area contributed by atoms with Crippen LogP contribution >= 0.6 is 0 Å². The lowest BCUT2D eigenvalue weighted by Gasteiger charge is -2.09. The minimum absolute atomic E-state index is 0.147. The fraction of sp³-hybridized carbons (Fsp3) is 0.300. The van der Waals surface area contributed by atoms with Crippen LogP contribution in [0.1, 0.15) is 5.56 Å².